The summed E-state index contributed by atoms with van der Waals surface area (Å²) < 4.78 is 32.5. The third-order valence-electron chi connectivity index (χ3n) is 6.14. The summed E-state index contributed by atoms with van der Waals surface area (Å²) in [5.74, 6) is -0.241. The van der Waals surface area contributed by atoms with Crippen molar-refractivity contribution in [1.29, 1.82) is 0 Å². The van der Waals surface area contributed by atoms with E-state index < -0.39 is 28.5 Å². The molecule has 2 amide bonds. The smallest absolute Gasteiger partial charge is 0.244 e. The van der Waals surface area contributed by atoms with E-state index in [0.717, 1.165) is 21.7 Å². The van der Waals surface area contributed by atoms with Gasteiger partial charge in [0.05, 0.1) is 11.9 Å². The quantitative estimate of drug-likeness (QED) is 0.304. The van der Waals surface area contributed by atoms with Crippen LogP contribution in [0.1, 0.15) is 38.3 Å². The number of halogens is 1. The van der Waals surface area contributed by atoms with Crippen LogP contribution in [-0.4, -0.2) is 50.0 Å². The highest BCUT2D eigenvalue weighted by Crippen LogP contribution is 2.24. The van der Waals surface area contributed by atoms with Gasteiger partial charge in [0.2, 0.25) is 21.8 Å². The fourth-order valence-electron chi connectivity index (χ4n) is 4.15. The molecule has 214 valence electrons. The van der Waals surface area contributed by atoms with Gasteiger partial charge in [-0.3, -0.25) is 13.9 Å². The Morgan fingerprint density at radius 2 is 1.55 bits per heavy atom. The average Bonchev–Trinajstić information content (AvgIpc) is 2.91. The second-order valence-electron chi connectivity index (χ2n) is 9.77. The molecule has 3 aromatic carbocycles. The number of carbonyl (C=O) groups excluding carboxylic acids is 2. The van der Waals surface area contributed by atoms with E-state index >= 15 is 0 Å². The van der Waals surface area contributed by atoms with Crippen molar-refractivity contribution in [2.45, 2.75) is 52.4 Å². The molecule has 3 aromatic rings. The van der Waals surface area contributed by atoms with Gasteiger partial charge in [-0.2, -0.15) is 0 Å². The van der Waals surface area contributed by atoms with E-state index in [1.807, 2.05) is 51.1 Å². The highest BCUT2D eigenvalue weighted by molar-refractivity contribution is 7.92. The maximum atomic E-state index is 13.8. The van der Waals surface area contributed by atoms with Crippen molar-refractivity contribution in [3.63, 3.8) is 0 Å². The van der Waals surface area contributed by atoms with Crippen LogP contribution in [0.15, 0.2) is 78.9 Å². The Labute approximate surface area is 241 Å². The van der Waals surface area contributed by atoms with Crippen molar-refractivity contribution in [3.8, 4) is 5.75 Å². The van der Waals surface area contributed by atoms with Gasteiger partial charge in [0.25, 0.3) is 0 Å². The number of ether oxygens (including phenoxy) is 1. The third kappa shape index (κ3) is 8.99. The Morgan fingerprint density at radius 3 is 2.10 bits per heavy atom. The first-order chi connectivity index (χ1) is 19.0. The van der Waals surface area contributed by atoms with E-state index in [1.54, 1.807) is 48.5 Å². The van der Waals surface area contributed by atoms with E-state index in [9.17, 15) is 18.0 Å². The van der Waals surface area contributed by atoms with E-state index in [1.165, 1.54) is 4.90 Å². The molecular weight excluding hydrogens is 550 g/mol. The molecule has 0 saturated carbocycles. The normalized spacial score (nSPS) is 12.1. The first kappa shape index (κ1) is 31.0. The maximum Gasteiger partial charge on any atom is 0.244 e. The second kappa shape index (κ2) is 14.2. The average molecular weight is 586 g/mol. The number of nitrogens with one attached hydrogen (secondary N) is 1. The zero-order valence-electron chi connectivity index (χ0n) is 23.2. The van der Waals surface area contributed by atoms with Crippen LogP contribution in [0.5, 0.6) is 5.75 Å². The number of hydrogen-bond acceptors (Lipinski definition) is 5. The van der Waals surface area contributed by atoms with Crippen molar-refractivity contribution in [2.24, 2.45) is 0 Å². The van der Waals surface area contributed by atoms with Crippen LogP contribution in [0, 0.1) is 0 Å². The molecule has 0 bridgehead atoms. The molecule has 0 aromatic heterocycles. The topological polar surface area (TPSA) is 96.0 Å². The van der Waals surface area contributed by atoms with Crippen molar-refractivity contribution in [3.05, 3.63) is 95.0 Å². The molecule has 8 nitrogen and oxygen atoms in total. The Kier molecular flexibility index (Phi) is 11.0. The second-order valence-corrected chi connectivity index (χ2v) is 12.1. The van der Waals surface area contributed by atoms with E-state index in [2.05, 4.69) is 5.32 Å². The summed E-state index contributed by atoms with van der Waals surface area (Å²) in [4.78, 5) is 28.2. The van der Waals surface area contributed by atoms with E-state index in [4.69, 9.17) is 16.3 Å². The Hall–Kier alpha value is -3.56. The van der Waals surface area contributed by atoms with Crippen LogP contribution in [0.2, 0.25) is 5.02 Å². The first-order valence-corrected chi connectivity index (χ1v) is 15.3. The number of sulfonamides is 1. The summed E-state index contributed by atoms with van der Waals surface area (Å²) in [6, 6.07) is 22.3. The number of benzene rings is 3. The standard InChI is InChI=1S/C30H36ClN3O5S/c1-5-28(30(36)32-22(2)3)33(19-23-11-13-25(31)14-12-23)29(35)20-34(40(4,37)38)26-15-17-27(18-16-26)39-21-24-9-7-6-8-10-24/h6-18,22,28H,5,19-21H2,1-4H3,(H,32,36). The molecule has 0 spiro atoms. The Morgan fingerprint density at radius 1 is 0.925 bits per heavy atom. The van der Waals surface area contributed by atoms with Crippen molar-refractivity contribution in [1.82, 2.24) is 10.2 Å². The number of hydrogen-bond donors (Lipinski definition) is 1. The summed E-state index contributed by atoms with van der Waals surface area (Å²) in [6.07, 6.45) is 1.40. The van der Waals surface area contributed by atoms with Crippen molar-refractivity contribution >= 4 is 39.1 Å². The van der Waals surface area contributed by atoms with Gasteiger partial charge < -0.3 is 15.0 Å². The number of rotatable bonds is 13. The van der Waals surface area contributed by atoms with Crippen LogP contribution in [0.25, 0.3) is 0 Å². The lowest BCUT2D eigenvalue weighted by Gasteiger charge is -2.33. The van der Waals surface area contributed by atoms with Gasteiger partial charge in [0.1, 0.15) is 24.9 Å². The molecule has 1 atom stereocenters. The van der Waals surface area contributed by atoms with Gasteiger partial charge in [-0.1, -0.05) is 61.0 Å². The SMILES string of the molecule is CCC(C(=O)NC(C)C)N(Cc1ccc(Cl)cc1)C(=O)CN(c1ccc(OCc2ccccc2)cc1)S(C)(=O)=O. The Bertz CT molecular complexity index is 1360. The summed E-state index contributed by atoms with van der Waals surface area (Å²) in [5, 5.41) is 3.42. The molecule has 0 aliphatic carbocycles. The molecule has 0 saturated heterocycles. The lowest BCUT2D eigenvalue weighted by Crippen LogP contribution is -2.53. The highest BCUT2D eigenvalue weighted by atomic mass is 35.5. The molecular formula is C30H36ClN3O5S. The number of nitrogens with zero attached hydrogens (tertiary/aromatic N) is 2. The molecule has 1 N–H and O–H groups in total. The summed E-state index contributed by atoms with van der Waals surface area (Å²) >= 11 is 6.03. The van der Waals surface area contributed by atoms with Crippen LogP contribution in [0.4, 0.5) is 5.69 Å². The zero-order valence-corrected chi connectivity index (χ0v) is 24.8. The van der Waals surface area contributed by atoms with Gasteiger partial charge in [-0.05, 0) is 67.8 Å². The first-order valence-electron chi connectivity index (χ1n) is 13.1. The molecule has 0 aliphatic heterocycles. The van der Waals surface area contributed by atoms with E-state index in [-0.39, 0.29) is 18.5 Å². The Balaban J connectivity index is 1.85. The van der Waals surface area contributed by atoms with E-state index in [0.29, 0.717) is 29.5 Å². The predicted molar refractivity (Wildman–Crippen MR) is 159 cm³/mol. The summed E-state index contributed by atoms with van der Waals surface area (Å²) in [5.41, 5.74) is 2.08. The lowest BCUT2D eigenvalue weighted by molar-refractivity contribution is -0.140. The fraction of sp³-hybridized carbons (Fsp3) is 0.333. The highest BCUT2D eigenvalue weighted by Gasteiger charge is 2.32. The van der Waals surface area contributed by atoms with Gasteiger partial charge in [-0.15, -0.1) is 0 Å². The molecule has 0 fully saturated rings. The molecule has 10 heteroatoms. The van der Waals surface area contributed by atoms with Crippen LogP contribution in [-0.2, 0) is 32.8 Å². The molecule has 1 unspecified atom stereocenters. The molecule has 0 aliphatic rings. The minimum Gasteiger partial charge on any atom is -0.489 e. The third-order valence-corrected chi connectivity index (χ3v) is 7.53. The fourth-order valence-corrected chi connectivity index (χ4v) is 5.13. The van der Waals surface area contributed by atoms with Gasteiger partial charge in [0, 0.05) is 17.6 Å². The largest absolute Gasteiger partial charge is 0.489 e. The number of amides is 2. The van der Waals surface area contributed by atoms with Crippen molar-refractivity contribution < 1.29 is 22.7 Å². The maximum absolute atomic E-state index is 13.8. The zero-order chi connectivity index (χ0) is 29.3. The summed E-state index contributed by atoms with van der Waals surface area (Å²) in [7, 11) is -3.84. The molecule has 3 rings (SSSR count). The minimum atomic E-state index is -3.84. The predicted octanol–water partition coefficient (Wildman–Crippen LogP) is 5.02. The lowest BCUT2D eigenvalue weighted by atomic mass is 10.1. The number of anilines is 1. The van der Waals surface area contributed by atoms with Crippen molar-refractivity contribution in [2.75, 3.05) is 17.1 Å². The molecule has 0 radical (unpaired) electrons. The van der Waals surface area contributed by atoms with Crippen LogP contribution < -0.4 is 14.4 Å². The summed E-state index contributed by atoms with van der Waals surface area (Å²) in [6.45, 7) is 5.51. The van der Waals surface area contributed by atoms with Crippen LogP contribution in [0.3, 0.4) is 0 Å². The number of carbonyl (C=O) groups is 2. The monoisotopic (exact) mass is 585 g/mol. The molecule has 0 heterocycles. The van der Waals surface area contributed by atoms with Gasteiger partial charge in [0.15, 0.2) is 0 Å². The minimum absolute atomic E-state index is 0.115. The van der Waals surface area contributed by atoms with Crippen LogP contribution >= 0.6 is 11.6 Å². The van der Waals surface area contributed by atoms with Gasteiger partial charge in [-0.25, -0.2) is 8.42 Å². The van der Waals surface area contributed by atoms with Gasteiger partial charge >= 0.3 is 0 Å². The molecule has 40 heavy (non-hydrogen) atoms.